The molecule has 1 aliphatic heterocycles. The van der Waals surface area contributed by atoms with Crippen molar-refractivity contribution in [3.8, 4) is 0 Å². The molecule has 0 spiro atoms. The van der Waals surface area contributed by atoms with Gasteiger partial charge in [-0.3, -0.25) is 4.90 Å². The van der Waals surface area contributed by atoms with Crippen LogP contribution in [0, 0.1) is 0 Å². The average molecular weight is 427 g/mol. The summed E-state index contributed by atoms with van der Waals surface area (Å²) in [5, 5.41) is 3.10. The third kappa shape index (κ3) is 6.18. The van der Waals surface area contributed by atoms with Crippen molar-refractivity contribution < 1.29 is 26.3 Å². The molecule has 26 heavy (non-hydrogen) atoms. The first-order chi connectivity index (χ1) is 11.1. The molecule has 152 valence electrons. The fraction of sp³-hybridized carbons (Fsp3) is 0.625. The zero-order valence-corrected chi connectivity index (χ0v) is 15.7. The van der Waals surface area contributed by atoms with E-state index in [0.717, 1.165) is 0 Å². The van der Waals surface area contributed by atoms with Crippen LogP contribution in [-0.4, -0.2) is 31.1 Å². The molecule has 0 radical (unpaired) electrons. The summed E-state index contributed by atoms with van der Waals surface area (Å²) in [4.78, 5) is 1.84. The fourth-order valence-corrected chi connectivity index (χ4v) is 3.07. The molecule has 0 unspecified atom stereocenters. The van der Waals surface area contributed by atoms with Crippen LogP contribution in [0.4, 0.5) is 26.3 Å². The van der Waals surface area contributed by atoms with Crippen LogP contribution < -0.4 is 5.32 Å². The third-order valence-electron chi connectivity index (χ3n) is 4.20. The second-order valence-corrected chi connectivity index (χ2v) is 5.89. The Labute approximate surface area is 161 Å². The summed E-state index contributed by atoms with van der Waals surface area (Å²) in [6.45, 7) is 4.06. The Balaban J connectivity index is 0.00000312. The van der Waals surface area contributed by atoms with Crippen molar-refractivity contribution in [3.05, 3.63) is 34.9 Å². The van der Waals surface area contributed by atoms with Gasteiger partial charge in [0.25, 0.3) is 0 Å². The Morgan fingerprint density at radius 1 is 1.00 bits per heavy atom. The summed E-state index contributed by atoms with van der Waals surface area (Å²) in [6, 6.07) is 1.07. The molecule has 0 aliphatic carbocycles. The van der Waals surface area contributed by atoms with E-state index in [-0.39, 0.29) is 30.4 Å². The summed E-state index contributed by atoms with van der Waals surface area (Å²) in [5.41, 5.74) is -2.30. The molecular formula is C16H22Cl2F6N2. The molecule has 1 aliphatic rings. The highest BCUT2D eigenvalue weighted by Crippen LogP contribution is 2.41. The molecule has 1 aromatic rings. The molecular weight excluding hydrogens is 405 g/mol. The van der Waals surface area contributed by atoms with Crippen LogP contribution in [0.15, 0.2) is 18.2 Å². The Kier molecular flexibility index (Phi) is 9.74. The van der Waals surface area contributed by atoms with Gasteiger partial charge < -0.3 is 5.32 Å². The maximum absolute atomic E-state index is 13.3. The molecule has 0 aromatic heterocycles. The van der Waals surface area contributed by atoms with Crippen LogP contribution >= 0.6 is 24.8 Å². The number of halogens is 8. The maximum atomic E-state index is 13.3. The van der Waals surface area contributed by atoms with Gasteiger partial charge in [0.2, 0.25) is 0 Å². The van der Waals surface area contributed by atoms with E-state index in [9.17, 15) is 26.3 Å². The van der Waals surface area contributed by atoms with Crippen LogP contribution in [-0.2, 0) is 12.4 Å². The first-order valence-corrected chi connectivity index (χ1v) is 7.87. The van der Waals surface area contributed by atoms with Crippen molar-refractivity contribution in [2.75, 3.05) is 26.2 Å². The fourth-order valence-electron chi connectivity index (χ4n) is 3.07. The van der Waals surface area contributed by atoms with Crippen molar-refractivity contribution in [1.82, 2.24) is 10.2 Å². The summed E-state index contributed by atoms with van der Waals surface area (Å²) in [5.74, 6) is 0. The Morgan fingerprint density at radius 3 is 2.04 bits per heavy atom. The first kappa shape index (κ1) is 25.3. The van der Waals surface area contributed by atoms with Gasteiger partial charge in [0.15, 0.2) is 0 Å². The van der Waals surface area contributed by atoms with Crippen LogP contribution in [0.5, 0.6) is 0 Å². The molecule has 0 amide bonds. The van der Waals surface area contributed by atoms with E-state index in [1.807, 2.05) is 11.8 Å². The first-order valence-electron chi connectivity index (χ1n) is 7.87. The van der Waals surface area contributed by atoms with Gasteiger partial charge in [-0.05, 0) is 30.2 Å². The largest absolute Gasteiger partial charge is 0.416 e. The van der Waals surface area contributed by atoms with E-state index < -0.39 is 29.5 Å². The maximum Gasteiger partial charge on any atom is 0.416 e. The smallest absolute Gasteiger partial charge is 0.314 e. The lowest BCUT2D eigenvalue weighted by Gasteiger charge is -2.36. The van der Waals surface area contributed by atoms with E-state index >= 15 is 0 Å². The number of benzene rings is 1. The van der Waals surface area contributed by atoms with Gasteiger partial charge in [-0.15, -0.1) is 24.8 Å². The second kappa shape index (κ2) is 10.0. The van der Waals surface area contributed by atoms with E-state index in [1.54, 1.807) is 0 Å². The number of hydrogen-bond acceptors (Lipinski definition) is 2. The van der Waals surface area contributed by atoms with Gasteiger partial charge >= 0.3 is 12.4 Å². The SMILES string of the molecule is CCC[C@@H](c1cc(C(F)(F)F)ccc1C(F)(F)F)N1CCNCC1.Cl.Cl. The number of alkyl halides is 6. The molecule has 2 rings (SSSR count). The quantitative estimate of drug-likeness (QED) is 0.655. The van der Waals surface area contributed by atoms with Gasteiger partial charge in [-0.1, -0.05) is 13.3 Å². The molecule has 1 N–H and O–H groups in total. The Morgan fingerprint density at radius 2 is 1.58 bits per heavy atom. The topological polar surface area (TPSA) is 15.3 Å². The Hall–Kier alpha value is -0.700. The van der Waals surface area contributed by atoms with E-state index in [4.69, 9.17) is 0 Å². The van der Waals surface area contributed by atoms with Gasteiger partial charge in [0.05, 0.1) is 11.1 Å². The van der Waals surface area contributed by atoms with Crippen molar-refractivity contribution >= 4 is 24.8 Å². The number of rotatable bonds is 4. The summed E-state index contributed by atoms with van der Waals surface area (Å²) < 4.78 is 78.9. The molecule has 1 atom stereocenters. The lowest BCUT2D eigenvalue weighted by Crippen LogP contribution is -2.45. The summed E-state index contributed by atoms with van der Waals surface area (Å²) in [6.07, 6.45) is -8.38. The average Bonchev–Trinajstić information content (AvgIpc) is 2.51. The van der Waals surface area contributed by atoms with Crippen molar-refractivity contribution in [2.45, 2.75) is 38.2 Å². The molecule has 1 saturated heterocycles. The van der Waals surface area contributed by atoms with Crippen LogP contribution in [0.2, 0.25) is 0 Å². The van der Waals surface area contributed by atoms with E-state index in [2.05, 4.69) is 5.32 Å². The second-order valence-electron chi connectivity index (χ2n) is 5.89. The zero-order chi connectivity index (χ0) is 18.0. The van der Waals surface area contributed by atoms with E-state index in [1.165, 1.54) is 0 Å². The lowest BCUT2D eigenvalue weighted by molar-refractivity contribution is -0.142. The van der Waals surface area contributed by atoms with Crippen molar-refractivity contribution in [1.29, 1.82) is 0 Å². The van der Waals surface area contributed by atoms with Crippen LogP contribution in [0.3, 0.4) is 0 Å². The predicted molar refractivity (Wildman–Crippen MR) is 93.0 cm³/mol. The monoisotopic (exact) mass is 426 g/mol. The molecule has 1 heterocycles. The predicted octanol–water partition coefficient (Wildman–Crippen LogP) is 5.31. The molecule has 10 heteroatoms. The molecule has 0 saturated carbocycles. The number of nitrogens with one attached hydrogen (secondary N) is 1. The van der Waals surface area contributed by atoms with Gasteiger partial charge in [0.1, 0.15) is 0 Å². The van der Waals surface area contributed by atoms with Gasteiger partial charge in [-0.2, -0.15) is 26.3 Å². The molecule has 1 fully saturated rings. The van der Waals surface area contributed by atoms with Crippen LogP contribution in [0.1, 0.15) is 42.5 Å². The normalized spacial score (nSPS) is 17.2. The minimum absolute atomic E-state index is 0. The third-order valence-corrected chi connectivity index (χ3v) is 4.20. The number of piperazine rings is 1. The Bertz CT molecular complexity index is 557. The lowest BCUT2D eigenvalue weighted by atomic mass is 9.92. The molecule has 2 nitrogen and oxygen atoms in total. The highest BCUT2D eigenvalue weighted by atomic mass is 35.5. The number of hydrogen-bond donors (Lipinski definition) is 1. The number of nitrogens with zero attached hydrogens (tertiary/aromatic N) is 1. The highest BCUT2D eigenvalue weighted by molar-refractivity contribution is 5.85. The van der Waals surface area contributed by atoms with E-state index in [0.29, 0.717) is 57.2 Å². The summed E-state index contributed by atoms with van der Waals surface area (Å²) in [7, 11) is 0. The standard InChI is InChI=1S/C16H20F6N2.2ClH/c1-2-3-14(24-8-6-23-7-9-24)12-10-11(15(17,18)19)4-5-13(12)16(20,21)22;;/h4-5,10,14,23H,2-3,6-9H2,1H3;2*1H/t14-;;/m0../s1. The molecule has 0 bridgehead atoms. The zero-order valence-electron chi connectivity index (χ0n) is 14.1. The van der Waals surface area contributed by atoms with Crippen LogP contribution in [0.25, 0.3) is 0 Å². The van der Waals surface area contributed by atoms with Gasteiger partial charge in [-0.25, -0.2) is 0 Å². The van der Waals surface area contributed by atoms with Gasteiger partial charge in [0, 0.05) is 32.2 Å². The minimum atomic E-state index is -4.68. The molecule has 1 aromatic carbocycles. The minimum Gasteiger partial charge on any atom is -0.314 e. The van der Waals surface area contributed by atoms with Crippen molar-refractivity contribution in [2.24, 2.45) is 0 Å². The van der Waals surface area contributed by atoms with Crippen molar-refractivity contribution in [3.63, 3.8) is 0 Å². The highest BCUT2D eigenvalue weighted by Gasteiger charge is 2.39. The summed E-state index contributed by atoms with van der Waals surface area (Å²) >= 11 is 0.